The summed E-state index contributed by atoms with van der Waals surface area (Å²) in [5.74, 6) is 1.72. The summed E-state index contributed by atoms with van der Waals surface area (Å²) in [5.41, 5.74) is 1.24. The maximum atomic E-state index is 5.18. The number of ether oxygens (including phenoxy) is 1. The predicted molar refractivity (Wildman–Crippen MR) is 79.8 cm³/mol. The molecule has 1 N–H and O–H groups in total. The molecule has 1 heterocycles. The molecule has 4 heteroatoms. The summed E-state index contributed by atoms with van der Waals surface area (Å²) >= 11 is 0. The topological polar surface area (TPSA) is 47.0 Å². The van der Waals surface area contributed by atoms with E-state index in [0.717, 1.165) is 31.0 Å². The molecular weight excluding hydrogens is 250 g/mol. The minimum Gasteiger partial charge on any atom is -0.497 e. The van der Waals surface area contributed by atoms with Crippen LogP contribution in [0.5, 0.6) is 5.75 Å². The second-order valence-electron chi connectivity index (χ2n) is 4.67. The van der Waals surface area contributed by atoms with Gasteiger partial charge in [-0.05, 0) is 43.1 Å². The quantitative estimate of drug-likeness (QED) is 0.841. The van der Waals surface area contributed by atoms with Crippen LogP contribution < -0.4 is 10.1 Å². The summed E-state index contributed by atoms with van der Waals surface area (Å²) in [4.78, 5) is 8.73. The van der Waals surface area contributed by atoms with Gasteiger partial charge in [-0.15, -0.1) is 0 Å². The van der Waals surface area contributed by atoms with Crippen LogP contribution in [0.4, 0.5) is 0 Å². The first-order chi connectivity index (χ1) is 9.83. The lowest BCUT2D eigenvalue weighted by atomic mass is 10.0. The van der Waals surface area contributed by atoms with Gasteiger partial charge in [0.25, 0.3) is 0 Å². The largest absolute Gasteiger partial charge is 0.497 e. The van der Waals surface area contributed by atoms with Crippen LogP contribution >= 0.6 is 0 Å². The van der Waals surface area contributed by atoms with Crippen molar-refractivity contribution in [2.24, 2.45) is 0 Å². The number of benzene rings is 1. The minimum absolute atomic E-state index is 0.143. The van der Waals surface area contributed by atoms with Gasteiger partial charge >= 0.3 is 0 Å². The maximum Gasteiger partial charge on any atom is 0.145 e. The van der Waals surface area contributed by atoms with Crippen molar-refractivity contribution in [2.75, 3.05) is 13.7 Å². The first-order valence-electron chi connectivity index (χ1n) is 6.96. The van der Waals surface area contributed by atoms with Gasteiger partial charge in [0.1, 0.15) is 11.6 Å². The van der Waals surface area contributed by atoms with Crippen molar-refractivity contribution in [2.45, 2.75) is 25.8 Å². The average molecular weight is 271 g/mol. The molecule has 0 aliphatic carbocycles. The van der Waals surface area contributed by atoms with Crippen molar-refractivity contribution in [3.05, 3.63) is 54.1 Å². The van der Waals surface area contributed by atoms with Crippen LogP contribution in [-0.2, 0) is 6.42 Å². The van der Waals surface area contributed by atoms with Gasteiger partial charge in [0.05, 0.1) is 13.2 Å². The van der Waals surface area contributed by atoms with Gasteiger partial charge in [-0.2, -0.15) is 0 Å². The lowest BCUT2D eigenvalue weighted by Crippen LogP contribution is -2.25. The lowest BCUT2D eigenvalue weighted by Gasteiger charge is -2.17. The minimum atomic E-state index is 0.143. The number of nitrogens with zero attached hydrogens (tertiary/aromatic N) is 2. The number of rotatable bonds is 7. The van der Waals surface area contributed by atoms with Gasteiger partial charge in [-0.3, -0.25) is 0 Å². The molecule has 0 aliphatic heterocycles. The number of hydrogen-bond donors (Lipinski definition) is 1. The van der Waals surface area contributed by atoms with Crippen LogP contribution in [0.25, 0.3) is 0 Å². The van der Waals surface area contributed by atoms with Gasteiger partial charge in [-0.25, -0.2) is 9.97 Å². The zero-order valence-corrected chi connectivity index (χ0v) is 12.0. The van der Waals surface area contributed by atoms with E-state index in [1.807, 2.05) is 18.2 Å². The van der Waals surface area contributed by atoms with Crippen LogP contribution in [0.2, 0.25) is 0 Å². The van der Waals surface area contributed by atoms with E-state index in [1.54, 1.807) is 19.5 Å². The second kappa shape index (κ2) is 7.60. The fraction of sp³-hybridized carbons (Fsp3) is 0.375. The lowest BCUT2D eigenvalue weighted by molar-refractivity contribution is 0.414. The summed E-state index contributed by atoms with van der Waals surface area (Å²) in [6, 6.07) is 10.1. The molecule has 0 spiro atoms. The van der Waals surface area contributed by atoms with Crippen molar-refractivity contribution < 1.29 is 4.74 Å². The van der Waals surface area contributed by atoms with E-state index in [9.17, 15) is 0 Å². The summed E-state index contributed by atoms with van der Waals surface area (Å²) in [6.07, 6.45) is 5.54. The number of hydrogen-bond acceptors (Lipinski definition) is 4. The molecule has 4 nitrogen and oxygen atoms in total. The molecule has 0 fully saturated rings. The van der Waals surface area contributed by atoms with Gasteiger partial charge in [0, 0.05) is 12.4 Å². The Kier molecular flexibility index (Phi) is 5.50. The van der Waals surface area contributed by atoms with Crippen molar-refractivity contribution in [1.29, 1.82) is 0 Å². The van der Waals surface area contributed by atoms with Crippen LogP contribution in [0, 0.1) is 0 Å². The highest BCUT2D eigenvalue weighted by atomic mass is 16.5. The normalized spacial score (nSPS) is 12.1. The Bertz CT molecular complexity index is 499. The fourth-order valence-electron chi connectivity index (χ4n) is 2.06. The Hall–Kier alpha value is -1.94. The van der Waals surface area contributed by atoms with Gasteiger partial charge in [0.15, 0.2) is 0 Å². The zero-order valence-electron chi connectivity index (χ0n) is 12.0. The monoisotopic (exact) mass is 271 g/mol. The third-order valence-electron chi connectivity index (χ3n) is 3.14. The highest BCUT2D eigenvalue weighted by Gasteiger charge is 2.13. The van der Waals surface area contributed by atoms with Crippen molar-refractivity contribution in [1.82, 2.24) is 15.3 Å². The third kappa shape index (κ3) is 4.03. The van der Waals surface area contributed by atoms with Crippen LogP contribution in [-0.4, -0.2) is 23.6 Å². The Morgan fingerprint density at radius 1 is 1.15 bits per heavy atom. The molecular formula is C16H21N3O. The fourth-order valence-corrected chi connectivity index (χ4v) is 2.06. The Labute approximate surface area is 120 Å². The molecule has 1 unspecified atom stereocenters. The Morgan fingerprint density at radius 3 is 2.45 bits per heavy atom. The van der Waals surface area contributed by atoms with E-state index in [-0.39, 0.29) is 6.04 Å². The molecule has 1 atom stereocenters. The van der Waals surface area contributed by atoms with Crippen molar-refractivity contribution in [3.63, 3.8) is 0 Å². The summed E-state index contributed by atoms with van der Waals surface area (Å²) in [5, 5.41) is 3.51. The van der Waals surface area contributed by atoms with Crippen molar-refractivity contribution in [3.8, 4) is 5.75 Å². The van der Waals surface area contributed by atoms with E-state index in [2.05, 4.69) is 34.3 Å². The Morgan fingerprint density at radius 2 is 1.85 bits per heavy atom. The molecule has 2 aromatic rings. The van der Waals surface area contributed by atoms with Gasteiger partial charge in [0.2, 0.25) is 0 Å². The molecule has 1 aromatic heterocycles. The van der Waals surface area contributed by atoms with Crippen LogP contribution in [0.1, 0.15) is 30.8 Å². The Balaban J connectivity index is 2.10. The molecule has 0 saturated heterocycles. The predicted octanol–water partition coefficient (Wildman–Crippen LogP) is 2.77. The first kappa shape index (κ1) is 14.5. The van der Waals surface area contributed by atoms with E-state index < -0.39 is 0 Å². The maximum absolute atomic E-state index is 5.18. The van der Waals surface area contributed by atoms with E-state index in [1.165, 1.54) is 5.56 Å². The highest BCUT2D eigenvalue weighted by molar-refractivity contribution is 5.28. The van der Waals surface area contributed by atoms with Crippen molar-refractivity contribution >= 4 is 0 Å². The summed E-state index contributed by atoms with van der Waals surface area (Å²) < 4.78 is 5.18. The summed E-state index contributed by atoms with van der Waals surface area (Å²) in [6.45, 7) is 3.11. The zero-order chi connectivity index (χ0) is 14.2. The smallest absolute Gasteiger partial charge is 0.145 e. The van der Waals surface area contributed by atoms with Gasteiger partial charge < -0.3 is 10.1 Å². The number of methoxy groups -OCH3 is 1. The molecule has 1 aromatic carbocycles. The van der Waals surface area contributed by atoms with E-state index in [4.69, 9.17) is 4.74 Å². The number of aromatic nitrogens is 2. The van der Waals surface area contributed by atoms with E-state index in [0.29, 0.717) is 0 Å². The highest BCUT2D eigenvalue weighted by Crippen LogP contribution is 2.17. The number of nitrogens with one attached hydrogen (secondary N) is 1. The molecule has 0 aliphatic rings. The van der Waals surface area contributed by atoms with E-state index >= 15 is 0 Å². The molecule has 2 rings (SSSR count). The first-order valence-corrected chi connectivity index (χ1v) is 6.96. The molecule has 20 heavy (non-hydrogen) atoms. The third-order valence-corrected chi connectivity index (χ3v) is 3.14. The molecule has 0 radical (unpaired) electrons. The molecule has 0 bridgehead atoms. The molecule has 106 valence electrons. The standard InChI is InChI=1S/C16H21N3O/c1-3-9-17-15(16-18-10-4-11-19-16)12-13-5-7-14(20-2)8-6-13/h4-8,10-11,15,17H,3,9,12H2,1-2H3. The summed E-state index contributed by atoms with van der Waals surface area (Å²) in [7, 11) is 1.68. The van der Waals surface area contributed by atoms with Gasteiger partial charge in [-0.1, -0.05) is 19.1 Å². The second-order valence-corrected chi connectivity index (χ2v) is 4.67. The van der Waals surface area contributed by atoms with Crippen LogP contribution in [0.3, 0.4) is 0 Å². The van der Waals surface area contributed by atoms with Crippen LogP contribution in [0.15, 0.2) is 42.7 Å². The average Bonchev–Trinajstić information content (AvgIpc) is 2.53. The molecule has 0 amide bonds. The SMILES string of the molecule is CCCNC(Cc1ccc(OC)cc1)c1ncccn1. The molecule has 0 saturated carbocycles.